The summed E-state index contributed by atoms with van der Waals surface area (Å²) in [6.45, 7) is -1.69. The molecule has 3 rings (SSSR count). The van der Waals surface area contributed by atoms with Gasteiger partial charge in [0, 0.05) is 17.3 Å². The summed E-state index contributed by atoms with van der Waals surface area (Å²) in [7, 11) is 0. The van der Waals surface area contributed by atoms with Gasteiger partial charge in [0.2, 0.25) is 5.91 Å². The van der Waals surface area contributed by atoms with E-state index >= 15 is 0 Å². The minimum Gasteiger partial charge on any atom is -0.370 e. The molecule has 2 aromatic carbocycles. The fourth-order valence-corrected chi connectivity index (χ4v) is 2.90. The summed E-state index contributed by atoms with van der Waals surface area (Å²) >= 11 is 0. The van der Waals surface area contributed by atoms with Gasteiger partial charge in [-0.2, -0.15) is 13.2 Å². The number of hydrogen-bond acceptors (Lipinski definition) is 3. The second-order valence-electron chi connectivity index (χ2n) is 5.97. The first-order chi connectivity index (χ1) is 12.9. The maximum Gasteiger partial charge on any atom is 0.411 e. The normalized spacial score (nSPS) is 11.8. The van der Waals surface area contributed by atoms with Crippen LogP contribution >= 0.6 is 0 Å². The number of ether oxygens (including phenoxy) is 1. The number of carbonyl (C=O) groups excluding carboxylic acids is 1. The Morgan fingerprint density at radius 1 is 1.00 bits per heavy atom. The van der Waals surface area contributed by atoms with Crippen molar-refractivity contribution in [1.82, 2.24) is 9.88 Å². The van der Waals surface area contributed by atoms with Gasteiger partial charge in [-0.25, -0.2) is 0 Å². The SMILES string of the molecule is O=C(Cn1c2ccccc2c(=O)c2ccccc21)NCCOCC(F)(F)F. The number of aromatic nitrogens is 1. The summed E-state index contributed by atoms with van der Waals surface area (Å²) in [6.07, 6.45) is -4.39. The molecule has 8 heteroatoms. The molecule has 0 unspecified atom stereocenters. The van der Waals surface area contributed by atoms with Gasteiger partial charge in [0.15, 0.2) is 5.43 Å². The molecule has 0 aliphatic carbocycles. The third-order valence-corrected chi connectivity index (χ3v) is 4.01. The van der Waals surface area contributed by atoms with Gasteiger partial charge in [-0.3, -0.25) is 9.59 Å². The van der Waals surface area contributed by atoms with E-state index in [1.54, 1.807) is 53.1 Å². The fourth-order valence-electron chi connectivity index (χ4n) is 2.90. The highest BCUT2D eigenvalue weighted by Crippen LogP contribution is 2.19. The molecule has 0 spiro atoms. The second kappa shape index (κ2) is 7.79. The molecular weight excluding hydrogens is 361 g/mol. The zero-order valence-electron chi connectivity index (χ0n) is 14.3. The minimum atomic E-state index is -4.39. The van der Waals surface area contributed by atoms with Crippen molar-refractivity contribution in [3.8, 4) is 0 Å². The van der Waals surface area contributed by atoms with Crippen molar-refractivity contribution in [2.24, 2.45) is 0 Å². The van der Waals surface area contributed by atoms with Gasteiger partial charge in [-0.15, -0.1) is 0 Å². The van der Waals surface area contributed by atoms with Crippen molar-refractivity contribution in [2.75, 3.05) is 19.8 Å². The molecule has 1 heterocycles. The van der Waals surface area contributed by atoms with Crippen LogP contribution in [-0.2, 0) is 16.1 Å². The summed E-state index contributed by atoms with van der Waals surface area (Å²) in [5.41, 5.74) is 1.12. The lowest BCUT2D eigenvalue weighted by Crippen LogP contribution is -2.32. The van der Waals surface area contributed by atoms with Crippen molar-refractivity contribution < 1.29 is 22.7 Å². The van der Waals surface area contributed by atoms with Gasteiger partial charge in [0.05, 0.1) is 17.6 Å². The van der Waals surface area contributed by atoms with Crippen molar-refractivity contribution in [3.63, 3.8) is 0 Å². The van der Waals surface area contributed by atoms with E-state index in [9.17, 15) is 22.8 Å². The molecule has 0 aliphatic rings. The molecule has 5 nitrogen and oxygen atoms in total. The van der Waals surface area contributed by atoms with Crippen LogP contribution in [-0.4, -0.2) is 36.4 Å². The molecule has 142 valence electrons. The van der Waals surface area contributed by atoms with Crippen molar-refractivity contribution in [1.29, 1.82) is 0 Å². The molecule has 0 saturated heterocycles. The third-order valence-electron chi connectivity index (χ3n) is 4.01. The van der Waals surface area contributed by atoms with E-state index in [2.05, 4.69) is 10.1 Å². The highest BCUT2D eigenvalue weighted by atomic mass is 19.4. The van der Waals surface area contributed by atoms with Gasteiger partial charge >= 0.3 is 6.18 Å². The van der Waals surface area contributed by atoms with Crippen LogP contribution in [0.2, 0.25) is 0 Å². The van der Waals surface area contributed by atoms with E-state index in [4.69, 9.17) is 0 Å². The van der Waals surface area contributed by atoms with Gasteiger partial charge in [-0.05, 0) is 24.3 Å². The van der Waals surface area contributed by atoms with Crippen LogP contribution in [0.1, 0.15) is 0 Å². The zero-order chi connectivity index (χ0) is 19.4. The number of benzene rings is 2. The zero-order valence-corrected chi connectivity index (χ0v) is 14.3. The molecule has 0 bridgehead atoms. The first-order valence-corrected chi connectivity index (χ1v) is 8.28. The average Bonchev–Trinajstić information content (AvgIpc) is 2.64. The molecule has 0 atom stereocenters. The van der Waals surface area contributed by atoms with Crippen LogP contribution < -0.4 is 10.7 Å². The van der Waals surface area contributed by atoms with E-state index < -0.39 is 12.8 Å². The predicted octanol–water partition coefficient (Wildman–Crippen LogP) is 2.85. The number of para-hydroxylation sites is 2. The summed E-state index contributed by atoms with van der Waals surface area (Å²) in [5.74, 6) is -0.385. The molecule has 1 amide bonds. The Labute approximate surface area is 152 Å². The van der Waals surface area contributed by atoms with E-state index in [0.29, 0.717) is 21.8 Å². The highest BCUT2D eigenvalue weighted by Gasteiger charge is 2.27. The van der Waals surface area contributed by atoms with Gasteiger partial charge in [0.1, 0.15) is 13.2 Å². The molecule has 0 fully saturated rings. The predicted molar refractivity (Wildman–Crippen MR) is 95.6 cm³/mol. The Morgan fingerprint density at radius 2 is 1.56 bits per heavy atom. The lowest BCUT2D eigenvalue weighted by atomic mass is 10.1. The lowest BCUT2D eigenvalue weighted by molar-refractivity contribution is -0.173. The van der Waals surface area contributed by atoms with Gasteiger partial charge in [-0.1, -0.05) is 24.3 Å². The van der Waals surface area contributed by atoms with Gasteiger partial charge < -0.3 is 14.6 Å². The quantitative estimate of drug-likeness (QED) is 0.530. The Bertz CT molecular complexity index is 968. The summed E-state index contributed by atoms with van der Waals surface area (Å²) in [5, 5.41) is 3.53. The third kappa shape index (κ3) is 4.46. The largest absolute Gasteiger partial charge is 0.411 e. The van der Waals surface area contributed by atoms with Crippen LogP contribution in [0.4, 0.5) is 13.2 Å². The number of halogens is 3. The van der Waals surface area contributed by atoms with Crippen LogP contribution in [0.5, 0.6) is 0 Å². The Balaban J connectivity index is 1.79. The smallest absolute Gasteiger partial charge is 0.370 e. The average molecular weight is 378 g/mol. The lowest BCUT2D eigenvalue weighted by Gasteiger charge is -2.15. The number of hydrogen-bond donors (Lipinski definition) is 1. The summed E-state index contributed by atoms with van der Waals surface area (Å²) in [6, 6.07) is 14.0. The Kier molecular flexibility index (Phi) is 5.46. The molecule has 0 aliphatic heterocycles. The number of nitrogens with zero attached hydrogens (tertiary/aromatic N) is 1. The number of fused-ring (bicyclic) bond motifs is 2. The Morgan fingerprint density at radius 3 is 2.11 bits per heavy atom. The monoisotopic (exact) mass is 378 g/mol. The number of amides is 1. The fraction of sp³-hybridized carbons (Fsp3) is 0.263. The summed E-state index contributed by atoms with van der Waals surface area (Å²) < 4.78 is 42.2. The molecule has 3 aromatic rings. The molecular formula is C19H17F3N2O3. The van der Waals surface area contributed by atoms with Crippen LogP contribution in [0.15, 0.2) is 53.3 Å². The second-order valence-corrected chi connectivity index (χ2v) is 5.97. The Hall–Kier alpha value is -2.87. The first kappa shape index (κ1) is 18.9. The molecule has 0 saturated carbocycles. The standard InChI is InChI=1S/C19H17F3N2O3/c20-19(21,22)12-27-10-9-23-17(25)11-24-15-7-3-1-5-13(15)18(26)14-6-2-4-8-16(14)24/h1-8H,9-12H2,(H,23,25). The van der Waals surface area contributed by atoms with Crippen LogP contribution in [0, 0.1) is 0 Å². The number of carbonyl (C=O) groups is 1. The van der Waals surface area contributed by atoms with E-state index in [1.807, 2.05) is 0 Å². The van der Waals surface area contributed by atoms with E-state index in [-0.39, 0.29) is 31.0 Å². The number of alkyl halides is 3. The van der Waals surface area contributed by atoms with E-state index in [1.165, 1.54) is 0 Å². The van der Waals surface area contributed by atoms with E-state index in [0.717, 1.165) is 0 Å². The highest BCUT2D eigenvalue weighted by molar-refractivity contribution is 5.94. The molecule has 1 aromatic heterocycles. The van der Waals surface area contributed by atoms with Crippen LogP contribution in [0.25, 0.3) is 21.8 Å². The number of rotatable bonds is 6. The topological polar surface area (TPSA) is 60.3 Å². The molecule has 27 heavy (non-hydrogen) atoms. The maximum atomic E-state index is 12.6. The molecule has 1 N–H and O–H groups in total. The maximum absolute atomic E-state index is 12.6. The number of pyridine rings is 1. The minimum absolute atomic E-state index is 0.0367. The molecule has 0 radical (unpaired) electrons. The van der Waals surface area contributed by atoms with Crippen molar-refractivity contribution in [3.05, 3.63) is 58.8 Å². The van der Waals surface area contributed by atoms with Crippen molar-refractivity contribution in [2.45, 2.75) is 12.7 Å². The number of nitrogens with one attached hydrogen (secondary N) is 1. The first-order valence-electron chi connectivity index (χ1n) is 8.28. The van der Waals surface area contributed by atoms with Crippen LogP contribution in [0.3, 0.4) is 0 Å². The summed E-state index contributed by atoms with van der Waals surface area (Å²) in [4.78, 5) is 24.9. The van der Waals surface area contributed by atoms with Gasteiger partial charge in [0.25, 0.3) is 0 Å². The van der Waals surface area contributed by atoms with Crippen molar-refractivity contribution >= 4 is 27.7 Å².